The largest absolute Gasteiger partial charge is 0.342 e. The van der Waals surface area contributed by atoms with E-state index in [4.69, 9.17) is 16.6 Å². The number of rotatable bonds is 5. The average Bonchev–Trinajstić information content (AvgIpc) is 3.43. The third-order valence-electron chi connectivity index (χ3n) is 7.27. The molecule has 0 amide bonds. The van der Waals surface area contributed by atoms with Crippen LogP contribution in [0, 0.1) is 0 Å². The molecule has 1 aliphatic heterocycles. The molecule has 1 N–H and O–H groups in total. The van der Waals surface area contributed by atoms with Gasteiger partial charge in [-0.15, -0.1) is 11.3 Å². The summed E-state index contributed by atoms with van der Waals surface area (Å²) in [6.07, 6.45) is 11.0. The van der Waals surface area contributed by atoms with Crippen LogP contribution in [0.15, 0.2) is 41.5 Å². The van der Waals surface area contributed by atoms with Crippen molar-refractivity contribution in [2.45, 2.75) is 64.1 Å². The van der Waals surface area contributed by atoms with Crippen LogP contribution >= 0.6 is 22.9 Å². The molecule has 0 unspecified atom stereocenters. The Morgan fingerprint density at radius 2 is 2.00 bits per heavy atom. The minimum Gasteiger partial charge on any atom is -0.342 e. The molecule has 4 aromatic rings. The first-order valence-electron chi connectivity index (χ1n) is 12.2. The predicted octanol–water partition coefficient (Wildman–Crippen LogP) is 5.49. The number of thiazole rings is 1. The highest BCUT2D eigenvalue weighted by Gasteiger charge is 2.25. The summed E-state index contributed by atoms with van der Waals surface area (Å²) < 4.78 is 2.85. The maximum absolute atomic E-state index is 13.0. The molecule has 1 aliphatic carbocycles. The quantitative estimate of drug-likeness (QED) is 0.399. The summed E-state index contributed by atoms with van der Waals surface area (Å²) in [5.74, 6) is 1.34. The van der Waals surface area contributed by atoms with E-state index < -0.39 is 0 Å². The van der Waals surface area contributed by atoms with Crippen molar-refractivity contribution in [2.75, 3.05) is 6.54 Å². The first-order valence-corrected chi connectivity index (χ1v) is 13.3. The molecule has 2 aliphatic rings. The number of aromatic nitrogens is 4. The van der Waals surface area contributed by atoms with Crippen molar-refractivity contribution in [2.24, 2.45) is 0 Å². The molecule has 1 aromatic carbocycles. The van der Waals surface area contributed by atoms with E-state index in [-0.39, 0.29) is 5.56 Å². The second kappa shape index (κ2) is 9.29. The highest BCUT2D eigenvalue weighted by molar-refractivity contribution is 7.15. The van der Waals surface area contributed by atoms with Crippen LogP contribution in [0.2, 0.25) is 4.47 Å². The van der Waals surface area contributed by atoms with Crippen LogP contribution in [0.4, 0.5) is 0 Å². The van der Waals surface area contributed by atoms with Gasteiger partial charge in [0.15, 0.2) is 4.47 Å². The molecule has 176 valence electrons. The van der Waals surface area contributed by atoms with Gasteiger partial charge in [-0.3, -0.25) is 9.69 Å². The lowest BCUT2D eigenvalue weighted by Crippen LogP contribution is -2.36. The molecule has 6 rings (SSSR count). The number of nitrogens with one attached hydrogen (secondary N) is 1. The molecule has 0 spiro atoms. The van der Waals surface area contributed by atoms with Crippen molar-refractivity contribution in [1.29, 1.82) is 0 Å². The van der Waals surface area contributed by atoms with Crippen LogP contribution in [-0.4, -0.2) is 31.0 Å². The maximum atomic E-state index is 13.0. The van der Waals surface area contributed by atoms with Crippen molar-refractivity contribution in [3.8, 4) is 0 Å². The van der Waals surface area contributed by atoms with Gasteiger partial charge in [-0.25, -0.2) is 9.97 Å². The van der Waals surface area contributed by atoms with E-state index >= 15 is 0 Å². The van der Waals surface area contributed by atoms with Crippen molar-refractivity contribution < 1.29 is 0 Å². The fourth-order valence-corrected chi connectivity index (χ4v) is 6.53. The normalized spacial score (nSPS) is 17.3. The van der Waals surface area contributed by atoms with Gasteiger partial charge in [0.05, 0.1) is 17.8 Å². The molecule has 3 aromatic heterocycles. The molecule has 8 heteroatoms. The third kappa shape index (κ3) is 4.32. The van der Waals surface area contributed by atoms with Gasteiger partial charge in [0, 0.05) is 60.1 Å². The number of aromatic amines is 1. The van der Waals surface area contributed by atoms with Gasteiger partial charge in [0.25, 0.3) is 5.56 Å². The SMILES string of the molecule is O=c1[nH]c(C2CCCCC2)nc2c1CN(Cc1cn(Cc3cnc(Cl)s3)c3ccccc13)CC2. The number of nitrogens with zero attached hydrogens (tertiary/aromatic N) is 4. The van der Waals surface area contributed by atoms with Gasteiger partial charge in [0.1, 0.15) is 5.82 Å². The molecule has 0 bridgehead atoms. The highest BCUT2D eigenvalue weighted by Crippen LogP contribution is 2.31. The molecule has 0 saturated heterocycles. The Morgan fingerprint density at radius 3 is 2.82 bits per heavy atom. The molecule has 0 atom stereocenters. The number of H-pyrrole nitrogens is 1. The van der Waals surface area contributed by atoms with Gasteiger partial charge in [-0.05, 0) is 24.5 Å². The number of hydrogen-bond acceptors (Lipinski definition) is 5. The van der Waals surface area contributed by atoms with Crippen molar-refractivity contribution in [1.82, 2.24) is 24.4 Å². The number of hydrogen-bond donors (Lipinski definition) is 1. The van der Waals surface area contributed by atoms with E-state index in [9.17, 15) is 4.79 Å². The lowest BCUT2D eigenvalue weighted by Gasteiger charge is -2.28. The summed E-state index contributed by atoms with van der Waals surface area (Å²) in [6, 6.07) is 8.51. The van der Waals surface area contributed by atoms with Gasteiger partial charge < -0.3 is 9.55 Å². The van der Waals surface area contributed by atoms with E-state index in [1.165, 1.54) is 47.1 Å². The predicted molar refractivity (Wildman–Crippen MR) is 137 cm³/mol. The van der Waals surface area contributed by atoms with Gasteiger partial charge >= 0.3 is 0 Å². The zero-order valence-electron chi connectivity index (χ0n) is 19.1. The maximum Gasteiger partial charge on any atom is 0.255 e. The smallest absolute Gasteiger partial charge is 0.255 e. The standard InChI is InChI=1S/C26H28ClN5OS/c27-26-28-12-19(34-26)15-32-14-18(20-8-4-5-9-23(20)32)13-31-11-10-22-21(16-31)25(33)30-24(29-22)17-6-2-1-3-7-17/h4-5,8-9,12,14,17H,1-3,6-7,10-11,13,15-16H2,(H,29,30,33). The minimum atomic E-state index is 0.0553. The number of halogens is 1. The van der Waals surface area contributed by atoms with Crippen LogP contribution in [0.25, 0.3) is 10.9 Å². The average molecular weight is 494 g/mol. The summed E-state index contributed by atoms with van der Waals surface area (Å²) in [4.78, 5) is 28.8. The number of fused-ring (bicyclic) bond motifs is 2. The van der Waals surface area contributed by atoms with Crippen LogP contribution in [-0.2, 0) is 26.1 Å². The zero-order chi connectivity index (χ0) is 23.1. The summed E-state index contributed by atoms with van der Waals surface area (Å²) in [5.41, 5.74) is 4.38. The summed E-state index contributed by atoms with van der Waals surface area (Å²) in [6.45, 7) is 3.12. The fraction of sp³-hybridized carbons (Fsp3) is 0.423. The first kappa shape index (κ1) is 22.0. The Bertz CT molecular complexity index is 1380. The second-order valence-corrected chi connectivity index (χ2v) is 11.2. The number of benzene rings is 1. The van der Waals surface area contributed by atoms with Crippen LogP contribution in [0.1, 0.15) is 65.5 Å². The Balaban J connectivity index is 1.24. The fourth-order valence-electron chi connectivity index (χ4n) is 5.55. The van der Waals surface area contributed by atoms with Gasteiger partial charge in [-0.1, -0.05) is 49.1 Å². The van der Waals surface area contributed by atoms with Crippen molar-refractivity contribution >= 4 is 33.8 Å². The molecular formula is C26H28ClN5OS. The molecule has 34 heavy (non-hydrogen) atoms. The topological polar surface area (TPSA) is 66.8 Å². The minimum absolute atomic E-state index is 0.0553. The van der Waals surface area contributed by atoms with Crippen LogP contribution in [0.3, 0.4) is 0 Å². The molecule has 1 saturated carbocycles. The first-order chi connectivity index (χ1) is 16.6. The Hall–Kier alpha value is -2.48. The van der Waals surface area contributed by atoms with Crippen LogP contribution in [0.5, 0.6) is 0 Å². The van der Waals surface area contributed by atoms with E-state index in [1.807, 2.05) is 6.20 Å². The van der Waals surface area contributed by atoms with E-state index in [0.717, 1.165) is 60.9 Å². The Labute approximate surface area is 207 Å². The summed E-state index contributed by atoms with van der Waals surface area (Å²) in [7, 11) is 0. The molecule has 4 heterocycles. The lowest BCUT2D eigenvalue weighted by molar-refractivity contribution is 0.241. The molecule has 1 fully saturated rings. The molecule has 0 radical (unpaired) electrons. The van der Waals surface area contributed by atoms with Gasteiger partial charge in [-0.2, -0.15) is 0 Å². The van der Waals surface area contributed by atoms with E-state index in [0.29, 0.717) is 16.9 Å². The van der Waals surface area contributed by atoms with Crippen molar-refractivity contribution in [3.63, 3.8) is 0 Å². The van der Waals surface area contributed by atoms with Crippen LogP contribution < -0.4 is 5.56 Å². The highest BCUT2D eigenvalue weighted by atomic mass is 35.5. The van der Waals surface area contributed by atoms with Crippen molar-refractivity contribution in [3.05, 3.63) is 79.0 Å². The second-order valence-electron chi connectivity index (χ2n) is 9.55. The summed E-state index contributed by atoms with van der Waals surface area (Å²) in [5, 5.41) is 1.25. The van der Waals surface area contributed by atoms with E-state index in [2.05, 4.69) is 49.9 Å². The molecule has 6 nitrogen and oxygen atoms in total. The molecular weight excluding hydrogens is 466 g/mol. The zero-order valence-corrected chi connectivity index (χ0v) is 20.7. The van der Waals surface area contributed by atoms with E-state index in [1.54, 1.807) is 0 Å². The van der Waals surface area contributed by atoms with Gasteiger partial charge in [0.2, 0.25) is 0 Å². The lowest BCUT2D eigenvalue weighted by atomic mass is 9.88. The summed E-state index contributed by atoms with van der Waals surface area (Å²) >= 11 is 7.56. The monoisotopic (exact) mass is 493 g/mol. The Morgan fingerprint density at radius 1 is 1.15 bits per heavy atom. The third-order valence-corrected chi connectivity index (χ3v) is 8.37. The Kier molecular flexibility index (Phi) is 6.01. The number of para-hydroxylation sites is 1.